The summed E-state index contributed by atoms with van der Waals surface area (Å²) in [6.45, 7) is 0. The van der Waals surface area contributed by atoms with E-state index in [9.17, 15) is 53.8 Å². The lowest BCUT2D eigenvalue weighted by Crippen LogP contribution is -2.54. The molecule has 0 fully saturated rings. The number of aryl methyl sites for hydroxylation is 1. The SMILES string of the molecule is NC(=O)C(NC(=O)CC1CCc2cc(C(O)(C(F)(F)F)C(F)(F)F)ccc2N1S(=O)(=O)c1ccc(F)cc1)c1ccccc1. The molecule has 0 aliphatic carbocycles. The third-order valence-corrected chi connectivity index (χ3v) is 9.03. The van der Waals surface area contributed by atoms with Crippen molar-refractivity contribution in [3.8, 4) is 0 Å². The maximum Gasteiger partial charge on any atom is 0.430 e. The molecule has 1 heterocycles. The van der Waals surface area contributed by atoms with Gasteiger partial charge in [-0.05, 0) is 54.3 Å². The minimum absolute atomic E-state index is 0.270. The molecule has 2 amide bonds. The fourth-order valence-electron chi connectivity index (χ4n) is 4.98. The number of sulfonamides is 1. The number of carbonyl (C=O) groups excluding carboxylic acids is 2. The number of nitrogens with one attached hydrogen (secondary N) is 1. The molecule has 0 saturated carbocycles. The molecule has 4 rings (SSSR count). The van der Waals surface area contributed by atoms with Crippen LogP contribution in [-0.2, 0) is 31.6 Å². The molecule has 4 N–H and O–H groups in total. The average Bonchev–Trinajstić information content (AvgIpc) is 2.94. The van der Waals surface area contributed by atoms with Crippen LogP contribution in [0.25, 0.3) is 0 Å². The molecule has 3 aromatic rings. The lowest BCUT2D eigenvalue weighted by Gasteiger charge is -2.39. The molecule has 2 unspecified atom stereocenters. The van der Waals surface area contributed by atoms with Crippen LogP contribution < -0.4 is 15.4 Å². The highest BCUT2D eigenvalue weighted by Crippen LogP contribution is 2.51. The molecule has 0 radical (unpaired) electrons. The number of aliphatic hydroxyl groups is 1. The van der Waals surface area contributed by atoms with Crippen LogP contribution in [0, 0.1) is 5.82 Å². The fourth-order valence-corrected chi connectivity index (χ4v) is 6.70. The van der Waals surface area contributed by atoms with Crippen LogP contribution in [0.5, 0.6) is 0 Å². The van der Waals surface area contributed by atoms with Crippen molar-refractivity contribution < 1.29 is 53.8 Å². The van der Waals surface area contributed by atoms with E-state index in [-0.39, 0.29) is 24.1 Å². The number of benzene rings is 3. The zero-order valence-corrected chi connectivity index (χ0v) is 23.2. The number of fused-ring (bicyclic) bond motifs is 1. The predicted octanol–water partition coefficient (Wildman–Crippen LogP) is 4.38. The first-order valence-corrected chi connectivity index (χ1v) is 14.2. The first-order valence-electron chi connectivity index (χ1n) is 12.8. The quantitative estimate of drug-likeness (QED) is 0.313. The lowest BCUT2D eigenvalue weighted by molar-refractivity contribution is -0.376. The molecule has 8 nitrogen and oxygen atoms in total. The normalized spacial score (nSPS) is 16.6. The highest BCUT2D eigenvalue weighted by atomic mass is 32.2. The molecule has 0 spiro atoms. The first kappa shape index (κ1) is 32.7. The molecule has 0 saturated heterocycles. The van der Waals surface area contributed by atoms with E-state index in [1.54, 1.807) is 18.2 Å². The molecule has 44 heavy (non-hydrogen) atoms. The predicted molar refractivity (Wildman–Crippen MR) is 142 cm³/mol. The monoisotopic (exact) mass is 647 g/mol. The van der Waals surface area contributed by atoms with E-state index in [1.165, 1.54) is 12.1 Å². The first-order chi connectivity index (χ1) is 20.4. The second kappa shape index (κ2) is 11.7. The fraction of sp³-hybridized carbons (Fsp3) is 0.286. The van der Waals surface area contributed by atoms with Gasteiger partial charge in [-0.2, -0.15) is 26.3 Å². The Morgan fingerprint density at radius 3 is 2.09 bits per heavy atom. The highest BCUT2D eigenvalue weighted by Gasteiger charge is 2.71. The molecule has 2 atom stereocenters. The van der Waals surface area contributed by atoms with Crippen molar-refractivity contribution in [3.63, 3.8) is 0 Å². The van der Waals surface area contributed by atoms with Gasteiger partial charge in [-0.25, -0.2) is 12.8 Å². The van der Waals surface area contributed by atoms with E-state index in [4.69, 9.17) is 5.73 Å². The maximum absolute atomic E-state index is 13.8. The Kier molecular flexibility index (Phi) is 8.72. The number of hydrogen-bond donors (Lipinski definition) is 3. The van der Waals surface area contributed by atoms with Gasteiger partial charge >= 0.3 is 12.4 Å². The highest BCUT2D eigenvalue weighted by molar-refractivity contribution is 7.92. The third kappa shape index (κ3) is 6.08. The van der Waals surface area contributed by atoms with Gasteiger partial charge in [0.05, 0.1) is 16.6 Å². The van der Waals surface area contributed by atoms with Crippen LogP contribution in [0.3, 0.4) is 0 Å². The summed E-state index contributed by atoms with van der Waals surface area (Å²) >= 11 is 0. The van der Waals surface area contributed by atoms with E-state index >= 15 is 0 Å². The summed E-state index contributed by atoms with van der Waals surface area (Å²) in [6.07, 6.45) is -13.5. The standard InChI is InChI=1S/C28H24F7N3O5S/c29-19-8-11-21(12-9-19)44(42,43)38-20(15-23(39)37-24(25(36)40)16-4-2-1-3-5-16)10-6-17-14-18(7-13-22(17)38)26(41,27(30,31)32)28(33,34)35/h1-5,7-9,11-14,20,24,41H,6,10,15H2,(H2,36,40)(H,37,39). The number of rotatable bonds is 8. The van der Waals surface area contributed by atoms with Crippen LogP contribution >= 0.6 is 0 Å². The Hall–Kier alpha value is -4.18. The van der Waals surface area contributed by atoms with Gasteiger partial charge in [0.15, 0.2) is 0 Å². The Morgan fingerprint density at radius 2 is 1.55 bits per heavy atom. The molecule has 236 valence electrons. The van der Waals surface area contributed by atoms with Crippen LogP contribution in [-0.4, -0.2) is 43.7 Å². The zero-order chi connectivity index (χ0) is 32.7. The molecule has 16 heteroatoms. The number of primary amides is 1. The van der Waals surface area contributed by atoms with Crippen molar-refractivity contribution in [1.82, 2.24) is 5.32 Å². The summed E-state index contributed by atoms with van der Waals surface area (Å²) in [7, 11) is -4.70. The molecular weight excluding hydrogens is 623 g/mol. The van der Waals surface area contributed by atoms with Crippen molar-refractivity contribution in [2.24, 2.45) is 5.73 Å². The van der Waals surface area contributed by atoms with Crippen molar-refractivity contribution in [2.75, 3.05) is 4.31 Å². The van der Waals surface area contributed by atoms with Crippen LogP contribution in [0.2, 0.25) is 0 Å². The van der Waals surface area contributed by atoms with Crippen molar-refractivity contribution >= 4 is 27.5 Å². The Bertz CT molecular complexity index is 1630. The molecule has 1 aliphatic heterocycles. The summed E-state index contributed by atoms with van der Waals surface area (Å²) in [4.78, 5) is 24.7. The maximum atomic E-state index is 13.8. The Labute approximate surface area is 246 Å². The van der Waals surface area contributed by atoms with Gasteiger partial charge in [0.25, 0.3) is 15.6 Å². The molecule has 0 aromatic heterocycles. The zero-order valence-electron chi connectivity index (χ0n) is 22.4. The third-order valence-electron chi connectivity index (χ3n) is 7.15. The molecule has 0 bridgehead atoms. The van der Waals surface area contributed by atoms with Gasteiger partial charge in [-0.15, -0.1) is 0 Å². The number of anilines is 1. The van der Waals surface area contributed by atoms with Crippen LogP contribution in [0.4, 0.5) is 36.4 Å². The van der Waals surface area contributed by atoms with Crippen molar-refractivity contribution in [3.05, 3.63) is 95.3 Å². The van der Waals surface area contributed by atoms with Crippen molar-refractivity contribution in [1.29, 1.82) is 0 Å². The largest absolute Gasteiger partial charge is 0.430 e. The van der Waals surface area contributed by atoms with E-state index in [0.717, 1.165) is 24.3 Å². The van der Waals surface area contributed by atoms with E-state index in [0.29, 0.717) is 28.1 Å². The number of nitrogens with two attached hydrogens (primary N) is 1. The minimum Gasteiger partial charge on any atom is -0.369 e. The van der Waals surface area contributed by atoms with Gasteiger partial charge in [0.2, 0.25) is 11.8 Å². The van der Waals surface area contributed by atoms with Crippen LogP contribution in [0.1, 0.15) is 35.6 Å². The summed E-state index contributed by atoms with van der Waals surface area (Å²) in [5, 5.41) is 12.3. The molecular formula is C28H24F7N3O5S. The Morgan fingerprint density at radius 1 is 0.955 bits per heavy atom. The second-order valence-corrected chi connectivity index (χ2v) is 11.8. The van der Waals surface area contributed by atoms with E-state index in [1.807, 2.05) is 0 Å². The summed E-state index contributed by atoms with van der Waals surface area (Å²) < 4.78 is 123. The minimum atomic E-state index is -6.18. The smallest absolute Gasteiger partial charge is 0.369 e. The Balaban J connectivity index is 1.77. The van der Waals surface area contributed by atoms with Gasteiger partial charge in [-0.3, -0.25) is 13.9 Å². The van der Waals surface area contributed by atoms with Crippen LogP contribution in [0.15, 0.2) is 77.7 Å². The average molecular weight is 648 g/mol. The lowest BCUT2D eigenvalue weighted by atomic mass is 9.87. The van der Waals surface area contributed by atoms with Gasteiger partial charge in [0, 0.05) is 12.0 Å². The van der Waals surface area contributed by atoms with Gasteiger partial charge in [-0.1, -0.05) is 42.5 Å². The number of hydrogen-bond acceptors (Lipinski definition) is 5. The summed E-state index contributed by atoms with van der Waals surface area (Å²) in [5.41, 5.74) is -1.73. The second-order valence-electron chi connectivity index (χ2n) is 10.0. The van der Waals surface area contributed by atoms with Crippen molar-refractivity contribution in [2.45, 2.75) is 54.2 Å². The topological polar surface area (TPSA) is 130 Å². The van der Waals surface area contributed by atoms with Gasteiger partial charge < -0.3 is 16.2 Å². The van der Waals surface area contributed by atoms with Gasteiger partial charge in [0.1, 0.15) is 11.9 Å². The molecule has 1 aliphatic rings. The summed E-state index contributed by atoms with van der Waals surface area (Å²) in [6, 6.07) is 10.1. The number of halogens is 7. The summed E-state index contributed by atoms with van der Waals surface area (Å²) in [5.74, 6) is -2.56. The number of alkyl halides is 6. The molecule has 3 aromatic carbocycles. The number of carbonyl (C=O) groups is 2. The number of nitrogens with zero attached hydrogens (tertiary/aromatic N) is 1. The number of amides is 2. The van der Waals surface area contributed by atoms with E-state index in [2.05, 4.69) is 5.32 Å². The van der Waals surface area contributed by atoms with E-state index < -0.39 is 74.6 Å².